The summed E-state index contributed by atoms with van der Waals surface area (Å²) in [5, 5.41) is 14.0. The van der Waals surface area contributed by atoms with Crippen LogP contribution in [0, 0.1) is 0 Å². The molecule has 1 amide bonds. The fourth-order valence-electron chi connectivity index (χ4n) is 1.16. The molecule has 102 valence electrons. The lowest BCUT2D eigenvalue weighted by molar-refractivity contribution is -0.139. The maximum Gasteiger partial charge on any atom is 0.341 e. The van der Waals surface area contributed by atoms with Crippen LogP contribution in [0.15, 0.2) is 24.3 Å². The van der Waals surface area contributed by atoms with E-state index in [0.29, 0.717) is 17.9 Å². The first-order chi connectivity index (χ1) is 9.01. The van der Waals surface area contributed by atoms with E-state index in [1.54, 1.807) is 31.2 Å². The molecule has 6 nitrogen and oxygen atoms in total. The second kappa shape index (κ2) is 7.32. The molecule has 0 saturated carbocycles. The Labute approximate surface area is 115 Å². The average molecular weight is 282 g/mol. The predicted octanol–water partition coefficient (Wildman–Crippen LogP) is 1.37. The van der Waals surface area contributed by atoms with Crippen molar-refractivity contribution in [1.82, 2.24) is 5.32 Å². The van der Waals surface area contributed by atoms with Crippen LogP contribution >= 0.6 is 12.2 Å². The molecule has 0 aliphatic rings. The number of anilines is 1. The number of benzene rings is 1. The predicted molar refractivity (Wildman–Crippen MR) is 74.2 cm³/mol. The van der Waals surface area contributed by atoms with E-state index < -0.39 is 12.6 Å². The van der Waals surface area contributed by atoms with Crippen molar-refractivity contribution in [3.8, 4) is 5.75 Å². The summed E-state index contributed by atoms with van der Waals surface area (Å²) in [5.41, 5.74) is 0.670. The molecule has 0 aliphatic heterocycles. The fraction of sp³-hybridized carbons (Fsp3) is 0.250. The number of carboxylic acid groups (broad SMARTS) is 1. The van der Waals surface area contributed by atoms with E-state index in [0.717, 1.165) is 0 Å². The van der Waals surface area contributed by atoms with Crippen molar-refractivity contribution in [2.45, 2.75) is 13.3 Å². The van der Waals surface area contributed by atoms with E-state index in [9.17, 15) is 9.59 Å². The topological polar surface area (TPSA) is 87.7 Å². The van der Waals surface area contributed by atoms with Crippen molar-refractivity contribution in [1.29, 1.82) is 0 Å². The minimum atomic E-state index is -1.04. The Kier molecular flexibility index (Phi) is 5.74. The summed E-state index contributed by atoms with van der Waals surface area (Å²) in [5.74, 6) is -0.763. The number of hydrogen-bond donors (Lipinski definition) is 3. The second-order valence-electron chi connectivity index (χ2n) is 3.56. The third-order valence-corrected chi connectivity index (χ3v) is 2.25. The molecular formula is C12H14N2O4S. The van der Waals surface area contributed by atoms with Crippen LogP contribution < -0.4 is 15.4 Å². The molecule has 0 heterocycles. The van der Waals surface area contributed by atoms with Gasteiger partial charge in [-0.3, -0.25) is 4.79 Å². The maximum atomic E-state index is 11.1. The van der Waals surface area contributed by atoms with Crippen LogP contribution in [-0.4, -0.2) is 28.7 Å². The number of carbonyl (C=O) groups excluding carboxylic acids is 1. The minimum absolute atomic E-state index is 0.168. The van der Waals surface area contributed by atoms with Crippen molar-refractivity contribution in [2.75, 3.05) is 11.9 Å². The number of carbonyl (C=O) groups is 2. The van der Waals surface area contributed by atoms with Gasteiger partial charge >= 0.3 is 5.97 Å². The van der Waals surface area contributed by atoms with Gasteiger partial charge in [0.15, 0.2) is 11.7 Å². The van der Waals surface area contributed by atoms with Gasteiger partial charge in [0.25, 0.3) is 0 Å². The number of rotatable bonds is 5. The van der Waals surface area contributed by atoms with Crippen molar-refractivity contribution < 1.29 is 19.4 Å². The Balaban J connectivity index is 2.50. The molecule has 0 unspecified atom stereocenters. The monoisotopic (exact) mass is 282 g/mol. The molecule has 0 fully saturated rings. The summed E-state index contributed by atoms with van der Waals surface area (Å²) in [6.45, 7) is 1.34. The van der Waals surface area contributed by atoms with Gasteiger partial charge in [-0.25, -0.2) is 4.79 Å². The maximum absolute atomic E-state index is 11.1. The molecule has 0 saturated heterocycles. The highest BCUT2D eigenvalue weighted by Crippen LogP contribution is 2.15. The minimum Gasteiger partial charge on any atom is -0.482 e. The number of thiocarbonyl (C=S) groups is 1. The lowest BCUT2D eigenvalue weighted by atomic mass is 10.3. The number of hydrogen-bond acceptors (Lipinski definition) is 4. The Hall–Kier alpha value is -2.15. The Morgan fingerprint density at radius 3 is 2.47 bits per heavy atom. The molecule has 1 rings (SSSR count). The summed E-state index contributed by atoms with van der Waals surface area (Å²) in [4.78, 5) is 21.4. The lowest BCUT2D eigenvalue weighted by Gasteiger charge is -2.09. The van der Waals surface area contributed by atoms with Crippen molar-refractivity contribution >= 4 is 34.9 Å². The summed E-state index contributed by atoms with van der Waals surface area (Å²) in [6, 6.07) is 6.55. The standard InChI is InChI=1S/C12H14N2O4S/c1-2-10(15)14-12(19)13-8-3-5-9(6-4-8)18-7-11(16)17/h3-6H,2,7H2,1H3,(H,16,17)(H2,13,14,15,19). The van der Waals surface area contributed by atoms with Crippen molar-refractivity contribution in [2.24, 2.45) is 0 Å². The number of carboxylic acids is 1. The number of ether oxygens (including phenoxy) is 1. The van der Waals surface area contributed by atoms with Gasteiger partial charge in [0, 0.05) is 12.1 Å². The second-order valence-corrected chi connectivity index (χ2v) is 3.97. The molecule has 0 radical (unpaired) electrons. The number of nitrogens with one attached hydrogen (secondary N) is 2. The molecule has 19 heavy (non-hydrogen) atoms. The van der Waals surface area contributed by atoms with Gasteiger partial charge in [-0.05, 0) is 36.5 Å². The van der Waals surface area contributed by atoms with Crippen molar-refractivity contribution in [3.05, 3.63) is 24.3 Å². The zero-order valence-corrected chi connectivity index (χ0v) is 11.1. The highest BCUT2D eigenvalue weighted by molar-refractivity contribution is 7.80. The molecule has 0 bridgehead atoms. The average Bonchev–Trinajstić information content (AvgIpc) is 2.37. The van der Waals surface area contributed by atoms with Crippen LogP contribution in [0.2, 0.25) is 0 Å². The van der Waals surface area contributed by atoms with Crippen LogP contribution in [-0.2, 0) is 9.59 Å². The first-order valence-electron chi connectivity index (χ1n) is 5.56. The molecule has 3 N–H and O–H groups in total. The van der Waals surface area contributed by atoms with E-state index in [4.69, 9.17) is 22.1 Å². The van der Waals surface area contributed by atoms with E-state index >= 15 is 0 Å². The molecule has 1 aromatic rings. The van der Waals surface area contributed by atoms with Gasteiger partial charge in [-0.1, -0.05) is 6.92 Å². The highest BCUT2D eigenvalue weighted by Gasteiger charge is 2.03. The lowest BCUT2D eigenvalue weighted by Crippen LogP contribution is -2.33. The quantitative estimate of drug-likeness (QED) is 0.707. The molecular weight excluding hydrogens is 268 g/mol. The van der Waals surface area contributed by atoms with Gasteiger partial charge in [0.05, 0.1) is 0 Å². The normalized spacial score (nSPS) is 9.53. The summed E-state index contributed by atoms with van der Waals surface area (Å²) in [7, 11) is 0. The molecule has 0 aromatic heterocycles. The van der Waals surface area contributed by atoms with Crippen LogP contribution in [0.4, 0.5) is 5.69 Å². The zero-order valence-electron chi connectivity index (χ0n) is 10.3. The van der Waals surface area contributed by atoms with Gasteiger partial charge in [0.1, 0.15) is 5.75 Å². The highest BCUT2D eigenvalue weighted by atomic mass is 32.1. The summed E-state index contributed by atoms with van der Waals surface area (Å²) in [6.07, 6.45) is 0.351. The summed E-state index contributed by atoms with van der Waals surface area (Å²) < 4.78 is 4.98. The SMILES string of the molecule is CCC(=O)NC(=S)Nc1ccc(OCC(=O)O)cc1. The molecule has 1 aromatic carbocycles. The number of aliphatic carboxylic acids is 1. The first-order valence-corrected chi connectivity index (χ1v) is 5.97. The van der Waals surface area contributed by atoms with E-state index in [1.807, 2.05) is 0 Å². The van der Waals surface area contributed by atoms with Crippen LogP contribution in [0.25, 0.3) is 0 Å². The van der Waals surface area contributed by atoms with Gasteiger partial charge in [-0.15, -0.1) is 0 Å². The number of amides is 1. The van der Waals surface area contributed by atoms with E-state index in [1.165, 1.54) is 0 Å². The third kappa shape index (κ3) is 5.82. The Morgan fingerprint density at radius 1 is 1.32 bits per heavy atom. The van der Waals surface area contributed by atoms with Gasteiger partial charge < -0.3 is 20.5 Å². The Morgan fingerprint density at radius 2 is 1.95 bits per heavy atom. The van der Waals surface area contributed by atoms with E-state index in [-0.39, 0.29) is 11.0 Å². The van der Waals surface area contributed by atoms with E-state index in [2.05, 4.69) is 10.6 Å². The molecule has 0 atom stereocenters. The molecule has 7 heteroatoms. The summed E-state index contributed by atoms with van der Waals surface area (Å²) >= 11 is 4.94. The van der Waals surface area contributed by atoms with Crippen LogP contribution in [0.3, 0.4) is 0 Å². The third-order valence-electron chi connectivity index (χ3n) is 2.05. The van der Waals surface area contributed by atoms with Crippen molar-refractivity contribution in [3.63, 3.8) is 0 Å². The molecule has 0 aliphatic carbocycles. The smallest absolute Gasteiger partial charge is 0.341 e. The zero-order chi connectivity index (χ0) is 14.3. The molecule has 0 spiro atoms. The largest absolute Gasteiger partial charge is 0.482 e. The van der Waals surface area contributed by atoms with Crippen LogP contribution in [0.5, 0.6) is 5.75 Å². The van der Waals surface area contributed by atoms with Crippen LogP contribution in [0.1, 0.15) is 13.3 Å². The fourth-order valence-corrected chi connectivity index (χ4v) is 1.39. The van der Waals surface area contributed by atoms with Gasteiger partial charge in [0.2, 0.25) is 5.91 Å². The first kappa shape index (κ1) is 14.9. The Bertz CT molecular complexity index is 473. The van der Waals surface area contributed by atoms with Gasteiger partial charge in [-0.2, -0.15) is 0 Å².